The number of para-hydroxylation sites is 1. The second-order valence-electron chi connectivity index (χ2n) is 8.13. The summed E-state index contributed by atoms with van der Waals surface area (Å²) in [6.07, 6.45) is 1.78. The van der Waals surface area contributed by atoms with Crippen LogP contribution in [-0.2, 0) is 5.41 Å². The van der Waals surface area contributed by atoms with Crippen molar-refractivity contribution < 1.29 is 0 Å². The Balaban J connectivity index is 1.40. The average molecular weight is 430 g/mol. The van der Waals surface area contributed by atoms with Crippen LogP contribution >= 0.6 is 11.6 Å². The van der Waals surface area contributed by atoms with Gasteiger partial charge in [-0.1, -0.05) is 84.4 Å². The number of rotatable bonds is 7. The molecule has 0 aromatic heterocycles. The van der Waals surface area contributed by atoms with Crippen LogP contribution in [0.2, 0.25) is 5.02 Å². The highest BCUT2D eigenvalue weighted by molar-refractivity contribution is 6.33. The highest BCUT2D eigenvalue weighted by atomic mass is 35.5. The van der Waals surface area contributed by atoms with E-state index >= 15 is 0 Å². The molecule has 1 heterocycles. The van der Waals surface area contributed by atoms with Gasteiger partial charge in [0, 0.05) is 26.2 Å². The summed E-state index contributed by atoms with van der Waals surface area (Å²) in [7, 11) is 0. The molecule has 3 nitrogen and oxygen atoms in total. The van der Waals surface area contributed by atoms with Crippen molar-refractivity contribution in [2.75, 3.05) is 37.6 Å². The fourth-order valence-corrected chi connectivity index (χ4v) is 4.83. The topological polar surface area (TPSA) is 30.3 Å². The van der Waals surface area contributed by atoms with Crippen molar-refractivity contribution in [1.29, 1.82) is 5.26 Å². The van der Waals surface area contributed by atoms with Crippen molar-refractivity contribution in [3.8, 4) is 6.07 Å². The molecule has 4 rings (SSSR count). The van der Waals surface area contributed by atoms with Crippen LogP contribution in [0.25, 0.3) is 0 Å². The van der Waals surface area contributed by atoms with Gasteiger partial charge < -0.3 is 4.90 Å². The van der Waals surface area contributed by atoms with Gasteiger partial charge in [0.2, 0.25) is 0 Å². The fourth-order valence-electron chi connectivity index (χ4n) is 4.57. The number of nitriles is 1. The number of nitrogens with zero attached hydrogens (tertiary/aromatic N) is 3. The standard InChI is InChI=1S/C27H28ClN3/c28-25-14-7-8-15-26(25)31-20-18-30(19-21-31)17-9-16-27(22-29,23-10-3-1-4-11-23)24-12-5-2-6-13-24/h1-8,10-15H,9,16-21H2. The van der Waals surface area contributed by atoms with E-state index in [0.717, 1.165) is 67.4 Å². The third kappa shape index (κ3) is 4.77. The van der Waals surface area contributed by atoms with Gasteiger partial charge in [-0.2, -0.15) is 5.26 Å². The monoisotopic (exact) mass is 429 g/mol. The second kappa shape index (κ2) is 10.0. The highest BCUT2D eigenvalue weighted by Gasteiger charge is 2.34. The number of hydrogen-bond donors (Lipinski definition) is 0. The van der Waals surface area contributed by atoms with Gasteiger partial charge in [-0.3, -0.25) is 4.90 Å². The zero-order chi connectivity index (χ0) is 21.5. The molecule has 31 heavy (non-hydrogen) atoms. The molecule has 0 unspecified atom stereocenters. The van der Waals surface area contributed by atoms with Crippen molar-refractivity contribution in [3.05, 3.63) is 101 Å². The molecular formula is C27H28ClN3. The first-order valence-corrected chi connectivity index (χ1v) is 11.3. The van der Waals surface area contributed by atoms with Crippen LogP contribution in [-0.4, -0.2) is 37.6 Å². The van der Waals surface area contributed by atoms with Crippen molar-refractivity contribution >= 4 is 17.3 Å². The van der Waals surface area contributed by atoms with Crippen LogP contribution in [0.3, 0.4) is 0 Å². The molecule has 158 valence electrons. The Labute approximate surface area is 190 Å². The lowest BCUT2D eigenvalue weighted by molar-refractivity contribution is 0.249. The van der Waals surface area contributed by atoms with E-state index in [1.54, 1.807) is 0 Å². The van der Waals surface area contributed by atoms with Gasteiger partial charge in [0.15, 0.2) is 0 Å². The molecule has 1 aliphatic rings. The predicted molar refractivity (Wildman–Crippen MR) is 129 cm³/mol. The molecule has 0 spiro atoms. The molecule has 0 radical (unpaired) electrons. The van der Waals surface area contributed by atoms with Gasteiger partial charge in [-0.25, -0.2) is 0 Å². The first kappa shape index (κ1) is 21.4. The molecule has 0 amide bonds. The summed E-state index contributed by atoms with van der Waals surface area (Å²) in [4.78, 5) is 4.87. The molecule has 1 saturated heterocycles. The van der Waals surface area contributed by atoms with Crippen molar-refractivity contribution in [3.63, 3.8) is 0 Å². The molecule has 0 saturated carbocycles. The lowest BCUT2D eigenvalue weighted by atomic mass is 9.72. The van der Waals surface area contributed by atoms with E-state index in [4.69, 9.17) is 11.6 Å². The minimum atomic E-state index is -0.609. The number of anilines is 1. The van der Waals surface area contributed by atoms with Crippen LogP contribution in [0.5, 0.6) is 0 Å². The van der Waals surface area contributed by atoms with Gasteiger partial charge in [0.05, 0.1) is 16.8 Å². The van der Waals surface area contributed by atoms with E-state index in [0.29, 0.717) is 0 Å². The van der Waals surface area contributed by atoms with Gasteiger partial charge in [0.25, 0.3) is 0 Å². The van der Waals surface area contributed by atoms with E-state index in [1.807, 2.05) is 54.6 Å². The molecule has 0 bridgehead atoms. The van der Waals surface area contributed by atoms with Crippen LogP contribution < -0.4 is 4.90 Å². The smallest absolute Gasteiger partial charge is 0.107 e. The van der Waals surface area contributed by atoms with E-state index in [2.05, 4.69) is 46.2 Å². The maximum Gasteiger partial charge on any atom is 0.107 e. The Bertz CT molecular complexity index is 966. The molecular weight excluding hydrogens is 402 g/mol. The van der Waals surface area contributed by atoms with Gasteiger partial charge in [0.1, 0.15) is 5.41 Å². The third-order valence-corrected chi connectivity index (χ3v) is 6.64. The summed E-state index contributed by atoms with van der Waals surface area (Å²) in [6.45, 7) is 4.98. The molecule has 4 heteroatoms. The molecule has 1 aliphatic heterocycles. The third-order valence-electron chi connectivity index (χ3n) is 6.32. The minimum Gasteiger partial charge on any atom is -0.368 e. The summed E-state index contributed by atoms with van der Waals surface area (Å²) in [5, 5.41) is 11.1. The molecule has 1 fully saturated rings. The van der Waals surface area contributed by atoms with Crippen LogP contribution in [0.1, 0.15) is 24.0 Å². The number of halogens is 1. The van der Waals surface area contributed by atoms with E-state index in [9.17, 15) is 5.26 Å². The highest BCUT2D eigenvalue weighted by Crippen LogP contribution is 2.36. The maximum atomic E-state index is 10.3. The fraction of sp³-hybridized carbons (Fsp3) is 0.296. The zero-order valence-electron chi connectivity index (χ0n) is 17.8. The van der Waals surface area contributed by atoms with E-state index in [-0.39, 0.29) is 0 Å². The lowest BCUT2D eigenvalue weighted by Crippen LogP contribution is -2.47. The van der Waals surface area contributed by atoms with Gasteiger partial charge in [-0.15, -0.1) is 0 Å². The summed E-state index contributed by atoms with van der Waals surface area (Å²) >= 11 is 6.37. The number of hydrogen-bond acceptors (Lipinski definition) is 3. The maximum absolute atomic E-state index is 10.3. The van der Waals surface area contributed by atoms with E-state index < -0.39 is 5.41 Å². The molecule has 3 aromatic rings. The van der Waals surface area contributed by atoms with E-state index in [1.165, 1.54) is 0 Å². The molecule has 3 aromatic carbocycles. The van der Waals surface area contributed by atoms with Crippen LogP contribution in [0.15, 0.2) is 84.9 Å². The second-order valence-corrected chi connectivity index (χ2v) is 8.54. The SMILES string of the molecule is N#CC(CCCN1CCN(c2ccccc2Cl)CC1)(c1ccccc1)c1ccccc1. The molecule has 0 atom stereocenters. The van der Waals surface area contributed by atoms with Crippen molar-refractivity contribution in [1.82, 2.24) is 4.90 Å². The Kier molecular flexibility index (Phi) is 6.92. The Morgan fingerprint density at radius 3 is 1.87 bits per heavy atom. The first-order chi connectivity index (χ1) is 15.2. The predicted octanol–water partition coefficient (Wildman–Crippen LogP) is 5.75. The number of piperazine rings is 1. The first-order valence-electron chi connectivity index (χ1n) is 11.0. The van der Waals surface area contributed by atoms with Crippen molar-refractivity contribution in [2.45, 2.75) is 18.3 Å². The van der Waals surface area contributed by atoms with Crippen molar-refractivity contribution in [2.24, 2.45) is 0 Å². The summed E-state index contributed by atoms with van der Waals surface area (Å²) in [6, 6.07) is 31.2. The summed E-state index contributed by atoms with van der Waals surface area (Å²) in [5.74, 6) is 0. The quantitative estimate of drug-likeness (QED) is 0.478. The molecule has 0 aliphatic carbocycles. The largest absolute Gasteiger partial charge is 0.368 e. The number of benzene rings is 3. The van der Waals surface area contributed by atoms with Crippen LogP contribution in [0, 0.1) is 11.3 Å². The Morgan fingerprint density at radius 1 is 0.774 bits per heavy atom. The van der Waals surface area contributed by atoms with Crippen LogP contribution in [0.4, 0.5) is 5.69 Å². The summed E-state index contributed by atoms with van der Waals surface area (Å²) < 4.78 is 0. The normalized spacial score (nSPS) is 14.9. The zero-order valence-corrected chi connectivity index (χ0v) is 18.5. The average Bonchev–Trinajstić information content (AvgIpc) is 2.84. The minimum absolute atomic E-state index is 0.609. The molecule has 0 N–H and O–H groups in total. The summed E-state index contributed by atoms with van der Waals surface area (Å²) in [5.41, 5.74) is 2.67. The van der Waals surface area contributed by atoms with Gasteiger partial charge in [-0.05, 0) is 42.6 Å². The Morgan fingerprint density at radius 2 is 1.32 bits per heavy atom. The van der Waals surface area contributed by atoms with Gasteiger partial charge >= 0.3 is 0 Å². The lowest BCUT2D eigenvalue weighted by Gasteiger charge is -2.37. The Hall–Kier alpha value is -2.80.